The summed E-state index contributed by atoms with van der Waals surface area (Å²) in [7, 11) is 0. The number of benzene rings is 1. The third kappa shape index (κ3) is 2.67. The largest absolute Gasteiger partial charge is 0.481 e. The van der Waals surface area contributed by atoms with Gasteiger partial charge in [-0.3, -0.25) is 4.79 Å². The average Bonchev–Trinajstić information content (AvgIpc) is 2.14. The molecule has 1 aromatic rings. The van der Waals surface area contributed by atoms with Crippen molar-refractivity contribution in [1.29, 1.82) is 0 Å². The van der Waals surface area contributed by atoms with E-state index in [4.69, 9.17) is 9.84 Å². The minimum absolute atomic E-state index is 0.489. The Morgan fingerprint density at radius 3 is 2.71 bits per heavy atom. The SMILES string of the molecule is CC(C)(Cc1cccc(C2COC2)c1)C(=O)O. The topological polar surface area (TPSA) is 46.5 Å². The highest BCUT2D eigenvalue weighted by atomic mass is 16.5. The highest BCUT2D eigenvalue weighted by molar-refractivity contribution is 5.74. The fourth-order valence-corrected chi connectivity index (χ4v) is 1.97. The van der Waals surface area contributed by atoms with Crippen molar-refractivity contribution in [2.45, 2.75) is 26.2 Å². The van der Waals surface area contributed by atoms with Crippen LogP contribution in [0.5, 0.6) is 0 Å². The Balaban J connectivity index is 2.13. The lowest BCUT2D eigenvalue weighted by Gasteiger charge is -2.27. The maximum atomic E-state index is 11.1. The van der Waals surface area contributed by atoms with Crippen molar-refractivity contribution in [3.8, 4) is 0 Å². The van der Waals surface area contributed by atoms with Gasteiger partial charge in [0.15, 0.2) is 0 Å². The standard InChI is InChI=1S/C14H18O3/c1-14(2,13(15)16)7-10-4-3-5-11(6-10)12-8-17-9-12/h3-6,12H,7-9H2,1-2H3,(H,15,16). The van der Waals surface area contributed by atoms with E-state index in [0.717, 1.165) is 18.8 Å². The molecular formula is C14H18O3. The highest BCUT2D eigenvalue weighted by Gasteiger charge is 2.28. The van der Waals surface area contributed by atoms with Gasteiger partial charge in [-0.25, -0.2) is 0 Å². The van der Waals surface area contributed by atoms with Crippen molar-refractivity contribution >= 4 is 5.97 Å². The summed E-state index contributed by atoms with van der Waals surface area (Å²) in [6.45, 7) is 5.08. The molecule has 1 aliphatic rings. The lowest BCUT2D eigenvalue weighted by molar-refractivity contribution is -0.146. The van der Waals surface area contributed by atoms with Crippen LogP contribution < -0.4 is 0 Å². The molecule has 3 heteroatoms. The van der Waals surface area contributed by atoms with Crippen molar-refractivity contribution in [2.24, 2.45) is 5.41 Å². The Hall–Kier alpha value is -1.35. The van der Waals surface area contributed by atoms with Crippen molar-refractivity contribution in [3.63, 3.8) is 0 Å². The first-order valence-corrected chi connectivity index (χ1v) is 5.89. The van der Waals surface area contributed by atoms with Crippen LogP contribution in [-0.2, 0) is 16.0 Å². The summed E-state index contributed by atoms with van der Waals surface area (Å²) in [6.07, 6.45) is 0.559. The molecule has 3 nitrogen and oxygen atoms in total. The fraction of sp³-hybridized carbons (Fsp3) is 0.500. The Morgan fingerprint density at radius 1 is 1.47 bits per heavy atom. The molecule has 1 fully saturated rings. The number of carboxylic acid groups (broad SMARTS) is 1. The molecule has 0 radical (unpaired) electrons. The van der Waals surface area contributed by atoms with Crippen LogP contribution >= 0.6 is 0 Å². The van der Waals surface area contributed by atoms with Crippen molar-refractivity contribution < 1.29 is 14.6 Å². The number of aliphatic carboxylic acids is 1. The fourth-order valence-electron chi connectivity index (χ4n) is 1.97. The van der Waals surface area contributed by atoms with Gasteiger partial charge in [-0.15, -0.1) is 0 Å². The summed E-state index contributed by atoms with van der Waals surface area (Å²) in [5.74, 6) is -0.266. The number of ether oxygens (including phenoxy) is 1. The predicted octanol–water partition coefficient (Wildman–Crippen LogP) is 2.45. The average molecular weight is 234 g/mol. The smallest absolute Gasteiger partial charge is 0.309 e. The Labute approximate surface area is 101 Å². The van der Waals surface area contributed by atoms with E-state index in [1.807, 2.05) is 12.1 Å². The molecule has 0 saturated carbocycles. The van der Waals surface area contributed by atoms with Gasteiger partial charge < -0.3 is 9.84 Å². The normalized spacial score (nSPS) is 16.6. The van der Waals surface area contributed by atoms with Crippen LogP contribution in [0.25, 0.3) is 0 Å². The van der Waals surface area contributed by atoms with Gasteiger partial charge >= 0.3 is 5.97 Å². The number of carbonyl (C=O) groups is 1. The zero-order chi connectivity index (χ0) is 12.5. The lowest BCUT2D eigenvalue weighted by atomic mass is 9.84. The Kier molecular flexibility index (Phi) is 3.20. The van der Waals surface area contributed by atoms with Gasteiger partial charge in [0.25, 0.3) is 0 Å². The zero-order valence-electron chi connectivity index (χ0n) is 10.3. The minimum Gasteiger partial charge on any atom is -0.481 e. The van der Waals surface area contributed by atoms with Gasteiger partial charge in [0.05, 0.1) is 18.6 Å². The maximum Gasteiger partial charge on any atom is 0.309 e. The molecule has 0 spiro atoms. The maximum absolute atomic E-state index is 11.1. The summed E-state index contributed by atoms with van der Waals surface area (Å²) in [5, 5.41) is 9.12. The first kappa shape index (κ1) is 12.1. The van der Waals surface area contributed by atoms with E-state index < -0.39 is 11.4 Å². The van der Waals surface area contributed by atoms with E-state index in [2.05, 4.69) is 12.1 Å². The molecule has 1 aromatic carbocycles. The molecule has 1 aliphatic heterocycles. The number of carboxylic acids is 1. The van der Waals surface area contributed by atoms with E-state index in [1.54, 1.807) is 13.8 Å². The van der Waals surface area contributed by atoms with Crippen LogP contribution in [0, 0.1) is 5.41 Å². The third-order valence-electron chi connectivity index (χ3n) is 3.29. The second-order valence-corrected chi connectivity index (χ2v) is 5.35. The number of hydrogen-bond acceptors (Lipinski definition) is 2. The van der Waals surface area contributed by atoms with E-state index in [9.17, 15) is 4.79 Å². The summed E-state index contributed by atoms with van der Waals surface area (Å²) < 4.78 is 5.17. The summed E-state index contributed by atoms with van der Waals surface area (Å²) >= 11 is 0. The number of rotatable bonds is 4. The molecule has 0 amide bonds. The van der Waals surface area contributed by atoms with E-state index in [0.29, 0.717) is 12.3 Å². The molecule has 0 aliphatic carbocycles. The highest BCUT2D eigenvalue weighted by Crippen LogP contribution is 2.27. The molecule has 2 rings (SSSR count). The summed E-state index contributed by atoms with van der Waals surface area (Å²) in [5.41, 5.74) is 1.63. The van der Waals surface area contributed by atoms with Gasteiger partial charge in [-0.1, -0.05) is 24.3 Å². The molecule has 0 unspecified atom stereocenters. The van der Waals surface area contributed by atoms with E-state index in [-0.39, 0.29) is 0 Å². The third-order valence-corrected chi connectivity index (χ3v) is 3.29. The van der Waals surface area contributed by atoms with Gasteiger partial charge in [-0.2, -0.15) is 0 Å². The Bertz CT molecular complexity index is 419. The minimum atomic E-state index is -0.755. The molecule has 92 valence electrons. The molecule has 17 heavy (non-hydrogen) atoms. The predicted molar refractivity (Wildman–Crippen MR) is 65.1 cm³/mol. The summed E-state index contributed by atoms with van der Waals surface area (Å²) in [4.78, 5) is 11.1. The molecule has 1 N–H and O–H groups in total. The van der Waals surface area contributed by atoms with E-state index >= 15 is 0 Å². The van der Waals surface area contributed by atoms with Crippen LogP contribution in [0.3, 0.4) is 0 Å². The second kappa shape index (κ2) is 4.49. The molecule has 1 saturated heterocycles. The van der Waals surface area contributed by atoms with Gasteiger partial charge in [0.2, 0.25) is 0 Å². The van der Waals surface area contributed by atoms with Gasteiger partial charge in [0.1, 0.15) is 0 Å². The lowest BCUT2D eigenvalue weighted by Crippen LogP contribution is -2.27. The number of hydrogen-bond donors (Lipinski definition) is 1. The second-order valence-electron chi connectivity index (χ2n) is 5.35. The first-order chi connectivity index (χ1) is 7.99. The van der Waals surface area contributed by atoms with Crippen LogP contribution in [0.15, 0.2) is 24.3 Å². The zero-order valence-corrected chi connectivity index (χ0v) is 10.3. The quantitative estimate of drug-likeness (QED) is 0.870. The van der Waals surface area contributed by atoms with Gasteiger partial charge in [-0.05, 0) is 31.4 Å². The molecule has 0 bridgehead atoms. The van der Waals surface area contributed by atoms with Crippen LogP contribution in [0.1, 0.15) is 30.9 Å². The van der Waals surface area contributed by atoms with Crippen molar-refractivity contribution in [2.75, 3.05) is 13.2 Å². The molecule has 0 atom stereocenters. The molecular weight excluding hydrogens is 216 g/mol. The van der Waals surface area contributed by atoms with Crippen molar-refractivity contribution in [1.82, 2.24) is 0 Å². The molecule has 1 heterocycles. The Morgan fingerprint density at radius 2 is 2.18 bits per heavy atom. The van der Waals surface area contributed by atoms with Crippen molar-refractivity contribution in [3.05, 3.63) is 35.4 Å². The van der Waals surface area contributed by atoms with Crippen LogP contribution in [0.2, 0.25) is 0 Å². The van der Waals surface area contributed by atoms with E-state index in [1.165, 1.54) is 5.56 Å². The van der Waals surface area contributed by atoms with Crippen LogP contribution in [0.4, 0.5) is 0 Å². The summed E-state index contributed by atoms with van der Waals surface area (Å²) in [6, 6.07) is 8.19. The van der Waals surface area contributed by atoms with Crippen LogP contribution in [-0.4, -0.2) is 24.3 Å². The van der Waals surface area contributed by atoms with Gasteiger partial charge in [0, 0.05) is 5.92 Å². The monoisotopic (exact) mass is 234 g/mol. The molecule has 0 aromatic heterocycles. The first-order valence-electron chi connectivity index (χ1n) is 5.89.